The van der Waals surface area contributed by atoms with E-state index in [2.05, 4.69) is 118 Å². The average molecular weight is 885 g/mol. The molecule has 0 unspecified atom stereocenters. The van der Waals surface area contributed by atoms with Gasteiger partial charge in [-0.15, -0.1) is 56.9 Å². The van der Waals surface area contributed by atoms with Gasteiger partial charge in [0.25, 0.3) is 0 Å². The average Bonchev–Trinajstić information content (AvgIpc) is 3.46. The van der Waals surface area contributed by atoms with Crippen molar-refractivity contribution in [1.29, 1.82) is 0 Å². The topological polar surface area (TPSA) is 0 Å². The van der Waals surface area contributed by atoms with E-state index < -0.39 is 0 Å². The molecule has 0 radical (unpaired) electrons. The molecule has 4 rings (SSSR count). The fourth-order valence-electron chi connectivity index (χ4n) is 4.90. The second kappa shape index (κ2) is 21.2. The Morgan fingerprint density at radius 1 is 0.537 bits per heavy atom. The minimum absolute atomic E-state index is 0. The van der Waals surface area contributed by atoms with Crippen molar-refractivity contribution >= 4 is 21.5 Å². The van der Waals surface area contributed by atoms with Gasteiger partial charge in [-0.3, -0.25) is 0 Å². The number of fused-ring (bicyclic) bond motifs is 2. The van der Waals surface area contributed by atoms with Crippen LogP contribution in [0.25, 0.3) is 21.5 Å². The van der Waals surface area contributed by atoms with E-state index >= 15 is 0 Å². The molecule has 0 saturated carbocycles. The van der Waals surface area contributed by atoms with E-state index in [-0.39, 0.29) is 66.5 Å². The third-order valence-corrected chi connectivity index (χ3v) is 7.27. The summed E-state index contributed by atoms with van der Waals surface area (Å²) in [7, 11) is 0. The van der Waals surface area contributed by atoms with Crippen LogP contribution in [0.2, 0.25) is 0 Å². The predicted octanol–water partition coefficient (Wildman–Crippen LogP) is 12.9. The van der Waals surface area contributed by atoms with Crippen LogP contribution in [0.15, 0.2) is 48.5 Å². The molecule has 2 heteroatoms. The fourth-order valence-corrected chi connectivity index (χ4v) is 4.90. The zero-order valence-corrected chi connectivity index (χ0v) is 36.1. The molecule has 0 saturated heterocycles. The third-order valence-electron chi connectivity index (χ3n) is 7.27. The van der Waals surface area contributed by atoms with Gasteiger partial charge in [-0.05, 0) is 36.5 Å². The van der Waals surface area contributed by atoms with E-state index in [9.17, 15) is 0 Å². The molecule has 0 aliphatic rings. The summed E-state index contributed by atoms with van der Waals surface area (Å²) in [6.07, 6.45) is 4.26. The first-order valence-electron chi connectivity index (χ1n) is 14.7. The Morgan fingerprint density at radius 3 is 1.05 bits per heavy atom. The van der Waals surface area contributed by atoms with E-state index in [1.165, 1.54) is 54.9 Å². The molecule has 0 amide bonds. The van der Waals surface area contributed by atoms with Crippen LogP contribution in [-0.4, -0.2) is 0 Å². The molecule has 0 atom stereocenters. The van der Waals surface area contributed by atoms with Crippen molar-refractivity contribution in [3.05, 3.63) is 103 Å². The van der Waals surface area contributed by atoms with E-state index in [0.717, 1.165) is 12.8 Å². The molecular formula is C39H59Hf2-5. The summed E-state index contributed by atoms with van der Waals surface area (Å²) in [5.41, 5.74) is 8.87. The van der Waals surface area contributed by atoms with Crippen LogP contribution in [-0.2, 0) is 64.5 Å². The van der Waals surface area contributed by atoms with Gasteiger partial charge in [-0.1, -0.05) is 104 Å². The number of rotatable bonds is 6. The molecule has 0 spiro atoms. The summed E-state index contributed by atoms with van der Waals surface area (Å²) in [5.74, 6) is 2.42. The van der Waals surface area contributed by atoms with Crippen molar-refractivity contribution in [2.24, 2.45) is 0 Å². The maximum Gasteiger partial charge on any atom is 0 e. The summed E-state index contributed by atoms with van der Waals surface area (Å²) in [6.45, 7) is 26.7. The van der Waals surface area contributed by atoms with Crippen molar-refractivity contribution in [3.63, 3.8) is 0 Å². The van der Waals surface area contributed by atoms with Gasteiger partial charge >= 0.3 is 0 Å². The van der Waals surface area contributed by atoms with Crippen LogP contribution in [0.1, 0.15) is 140 Å². The molecule has 41 heavy (non-hydrogen) atoms. The Hall–Kier alpha value is -0.600. The SMILES string of the molecule is CCc1cc2c(C(C)C)cc(C(C)C)cc2[cH-]1.CCc1cc2c(C(C)C)cc(C(C)C)cc2[cH-]1.C[CH-]C.[CH3-].[CH3-].[Hf].[Hf]. The van der Waals surface area contributed by atoms with Gasteiger partial charge in [0.2, 0.25) is 0 Å². The summed E-state index contributed by atoms with van der Waals surface area (Å²) in [6, 6.07) is 19.0. The van der Waals surface area contributed by atoms with Crippen LogP contribution in [0, 0.1) is 21.3 Å². The number of benzene rings is 2. The molecule has 4 aromatic carbocycles. The smallest absolute Gasteiger partial charge is 0 e. The zero-order chi connectivity index (χ0) is 27.9. The van der Waals surface area contributed by atoms with Gasteiger partial charge < -0.3 is 21.3 Å². The quantitative estimate of drug-likeness (QED) is 0.134. The van der Waals surface area contributed by atoms with Crippen molar-refractivity contribution in [2.75, 3.05) is 0 Å². The van der Waals surface area contributed by atoms with E-state index in [1.807, 2.05) is 20.3 Å². The molecule has 0 nitrogen and oxygen atoms in total. The molecule has 228 valence electrons. The second-order valence-corrected chi connectivity index (χ2v) is 11.9. The van der Waals surface area contributed by atoms with Gasteiger partial charge in [0, 0.05) is 51.7 Å². The van der Waals surface area contributed by atoms with Crippen LogP contribution < -0.4 is 0 Å². The molecule has 0 bridgehead atoms. The molecule has 0 aliphatic heterocycles. The monoisotopic (exact) mass is 887 g/mol. The van der Waals surface area contributed by atoms with Crippen molar-refractivity contribution < 1.29 is 51.7 Å². The van der Waals surface area contributed by atoms with Crippen LogP contribution in [0.3, 0.4) is 0 Å². The number of aryl methyl sites for hydroxylation is 2. The normalized spacial score (nSPS) is 10.3. The first-order valence-corrected chi connectivity index (χ1v) is 14.7. The molecule has 0 aliphatic carbocycles. The third kappa shape index (κ3) is 12.1. The van der Waals surface area contributed by atoms with E-state index in [4.69, 9.17) is 0 Å². The Morgan fingerprint density at radius 2 is 0.829 bits per heavy atom. The number of hydrogen-bond donors (Lipinski definition) is 0. The van der Waals surface area contributed by atoms with E-state index in [0.29, 0.717) is 23.7 Å². The summed E-state index contributed by atoms with van der Waals surface area (Å²) < 4.78 is 0. The molecular weight excluding hydrogens is 825 g/mol. The molecule has 0 heterocycles. The van der Waals surface area contributed by atoms with Gasteiger partial charge in [0.15, 0.2) is 0 Å². The maximum absolute atomic E-state index is 2.40. The predicted molar refractivity (Wildman–Crippen MR) is 183 cm³/mol. The molecule has 0 fully saturated rings. The van der Waals surface area contributed by atoms with Gasteiger partial charge in [0.1, 0.15) is 0 Å². The van der Waals surface area contributed by atoms with Gasteiger partial charge in [0.05, 0.1) is 0 Å². The fraction of sp³-hybridized carbons (Fsp3) is 0.462. The van der Waals surface area contributed by atoms with Crippen molar-refractivity contribution in [1.82, 2.24) is 0 Å². The minimum Gasteiger partial charge on any atom is -0.358 e. The van der Waals surface area contributed by atoms with Crippen molar-refractivity contribution in [3.8, 4) is 0 Å². The van der Waals surface area contributed by atoms with Gasteiger partial charge in [-0.2, -0.15) is 26.0 Å². The van der Waals surface area contributed by atoms with E-state index in [1.54, 1.807) is 0 Å². The van der Waals surface area contributed by atoms with Crippen LogP contribution in [0.4, 0.5) is 0 Å². The minimum atomic E-state index is 0. The molecule has 0 N–H and O–H groups in total. The van der Waals surface area contributed by atoms with Crippen LogP contribution in [0.5, 0.6) is 0 Å². The first kappa shape index (κ1) is 44.8. The summed E-state index contributed by atoms with van der Waals surface area (Å²) in [5, 5.41) is 5.77. The summed E-state index contributed by atoms with van der Waals surface area (Å²) >= 11 is 0. The maximum atomic E-state index is 2.40. The Kier molecular flexibility index (Phi) is 23.1. The first-order chi connectivity index (χ1) is 17.5. The van der Waals surface area contributed by atoms with Gasteiger partial charge in [-0.25, -0.2) is 0 Å². The second-order valence-electron chi connectivity index (χ2n) is 11.9. The molecule has 4 aromatic rings. The molecule has 0 aromatic heterocycles. The Bertz CT molecular complexity index is 1150. The zero-order valence-electron chi connectivity index (χ0n) is 28.9. The standard InChI is InChI=1S/2C17H23.C3H7.2CH3.2Hf/c2*1-6-13-7-15-9-14(11(2)3)10-16(12(4)5)17(15)8-13;1-3-2;;;;/h2*7-12H,6H2,1-5H3;3H,1-2H3;2*1H3;;/q5*-1;;. The largest absolute Gasteiger partial charge is 0.358 e. The number of hydrogen-bond acceptors (Lipinski definition) is 0. The van der Waals surface area contributed by atoms with Crippen LogP contribution >= 0.6 is 0 Å². The Labute approximate surface area is 293 Å². The Balaban J connectivity index is -0.000000590. The van der Waals surface area contributed by atoms with Crippen molar-refractivity contribution in [2.45, 2.75) is 120 Å². The summed E-state index contributed by atoms with van der Waals surface area (Å²) in [4.78, 5) is 0.